The number of hydrogen-bond donors (Lipinski definition) is 6. The van der Waals surface area contributed by atoms with E-state index in [1.807, 2.05) is 13.8 Å². The first-order chi connectivity index (χ1) is 14.0. The predicted octanol–water partition coefficient (Wildman–Crippen LogP) is 2.87. The van der Waals surface area contributed by atoms with Crippen molar-refractivity contribution in [2.24, 2.45) is 0 Å². The summed E-state index contributed by atoms with van der Waals surface area (Å²) in [5, 5.41) is 35.8. The lowest BCUT2D eigenvalue weighted by atomic mass is 10.0. The van der Waals surface area contributed by atoms with Gasteiger partial charge in [0.2, 0.25) is 5.91 Å². The van der Waals surface area contributed by atoms with Crippen LogP contribution in [0.5, 0.6) is 0 Å². The Bertz CT molecular complexity index is 385. The molecule has 0 aliphatic rings. The number of nitrogens with one attached hydrogen (secondary N) is 3. The summed E-state index contributed by atoms with van der Waals surface area (Å²) in [7, 11) is 0. The van der Waals surface area contributed by atoms with Crippen molar-refractivity contribution in [1.82, 2.24) is 16.1 Å². The number of rotatable bonds is 20. The van der Waals surface area contributed by atoms with Gasteiger partial charge in [-0.05, 0) is 25.8 Å². The molecule has 0 heterocycles. The molecule has 0 aromatic carbocycles. The summed E-state index contributed by atoms with van der Waals surface area (Å²) in [4.78, 5) is 11.5. The van der Waals surface area contributed by atoms with Crippen LogP contribution in [-0.2, 0) is 4.79 Å². The summed E-state index contributed by atoms with van der Waals surface area (Å²) in [6.45, 7) is 7.32. The molecule has 4 unspecified atom stereocenters. The minimum Gasteiger partial charge on any atom is -0.392 e. The van der Waals surface area contributed by atoms with Crippen LogP contribution in [-0.4, -0.2) is 58.7 Å². The zero-order valence-corrected chi connectivity index (χ0v) is 19.0. The lowest BCUT2D eigenvalue weighted by Gasteiger charge is -2.28. The van der Waals surface area contributed by atoms with E-state index in [9.17, 15) is 15.0 Å². The SMILES string of the molecule is CCCCCCCCCCCNC(CNC(CC(=O)NO)C(O)CC)C(O)CC. The molecule has 4 atom stereocenters. The van der Waals surface area contributed by atoms with Crippen molar-refractivity contribution < 1.29 is 20.2 Å². The molecule has 7 nitrogen and oxygen atoms in total. The van der Waals surface area contributed by atoms with Crippen LogP contribution in [0.15, 0.2) is 0 Å². The minimum absolute atomic E-state index is 0.0152. The van der Waals surface area contributed by atoms with Crippen LogP contribution in [0.2, 0.25) is 0 Å². The number of hydroxylamine groups is 1. The van der Waals surface area contributed by atoms with Crippen LogP contribution in [0.1, 0.15) is 97.8 Å². The molecule has 0 aliphatic heterocycles. The Morgan fingerprint density at radius 3 is 1.79 bits per heavy atom. The van der Waals surface area contributed by atoms with Gasteiger partial charge in [0.1, 0.15) is 0 Å². The van der Waals surface area contributed by atoms with Gasteiger partial charge in [0.25, 0.3) is 0 Å². The van der Waals surface area contributed by atoms with Gasteiger partial charge in [-0.3, -0.25) is 10.0 Å². The van der Waals surface area contributed by atoms with Crippen LogP contribution in [0.4, 0.5) is 0 Å². The van der Waals surface area contributed by atoms with Gasteiger partial charge in [-0.1, -0.05) is 72.1 Å². The maximum atomic E-state index is 11.5. The number of aliphatic hydroxyl groups excluding tert-OH is 2. The van der Waals surface area contributed by atoms with Gasteiger partial charge < -0.3 is 20.8 Å². The minimum atomic E-state index is -0.691. The van der Waals surface area contributed by atoms with E-state index in [0.29, 0.717) is 19.4 Å². The Kier molecular flexibility index (Phi) is 18.8. The summed E-state index contributed by atoms with van der Waals surface area (Å²) in [5.74, 6) is -0.537. The first-order valence-electron chi connectivity index (χ1n) is 11.8. The van der Waals surface area contributed by atoms with Gasteiger partial charge in [0.05, 0.1) is 12.2 Å². The van der Waals surface area contributed by atoms with Crippen molar-refractivity contribution >= 4 is 5.91 Å². The molecule has 0 spiro atoms. The fourth-order valence-corrected chi connectivity index (χ4v) is 3.50. The Morgan fingerprint density at radius 1 is 0.759 bits per heavy atom. The average molecular weight is 418 g/mol. The molecular weight excluding hydrogens is 370 g/mol. The van der Waals surface area contributed by atoms with Crippen molar-refractivity contribution in [1.29, 1.82) is 0 Å². The van der Waals surface area contributed by atoms with Crippen molar-refractivity contribution in [2.45, 2.75) is 122 Å². The van der Waals surface area contributed by atoms with Crippen molar-refractivity contribution in [2.75, 3.05) is 13.1 Å². The maximum absolute atomic E-state index is 11.5. The normalized spacial score (nSPS) is 15.7. The molecule has 0 aliphatic carbocycles. The molecule has 29 heavy (non-hydrogen) atoms. The van der Waals surface area contributed by atoms with E-state index >= 15 is 0 Å². The molecular formula is C22H47N3O4. The van der Waals surface area contributed by atoms with E-state index in [1.165, 1.54) is 51.4 Å². The first kappa shape index (κ1) is 28.3. The molecule has 0 radical (unpaired) electrons. The molecule has 7 heteroatoms. The lowest BCUT2D eigenvalue weighted by molar-refractivity contribution is -0.130. The molecule has 0 saturated carbocycles. The topological polar surface area (TPSA) is 114 Å². The molecule has 174 valence electrons. The Hall–Kier alpha value is -0.730. The second-order valence-corrected chi connectivity index (χ2v) is 8.09. The molecule has 1 amide bonds. The van der Waals surface area contributed by atoms with Gasteiger partial charge in [0, 0.05) is 25.0 Å². The van der Waals surface area contributed by atoms with E-state index in [4.69, 9.17) is 5.21 Å². The molecule has 0 aromatic heterocycles. The average Bonchev–Trinajstić information content (AvgIpc) is 2.74. The molecule has 0 bridgehead atoms. The number of unbranched alkanes of at least 4 members (excludes halogenated alkanes) is 8. The standard InChI is InChI=1S/C22H47N3O4/c1-4-7-8-9-10-11-12-13-14-15-23-19(21(27)6-3)17-24-18(20(26)5-2)16-22(28)25-29/h18-21,23-24,26-27,29H,4-17H2,1-3H3,(H,25,28). The van der Waals surface area contributed by atoms with Crippen LogP contribution in [0, 0.1) is 0 Å². The predicted molar refractivity (Wildman–Crippen MR) is 118 cm³/mol. The van der Waals surface area contributed by atoms with Gasteiger partial charge in [-0.2, -0.15) is 0 Å². The second-order valence-electron chi connectivity index (χ2n) is 8.09. The van der Waals surface area contributed by atoms with Gasteiger partial charge >= 0.3 is 0 Å². The number of carbonyl (C=O) groups excluding carboxylic acids is 1. The van der Waals surface area contributed by atoms with Gasteiger partial charge in [0.15, 0.2) is 0 Å². The number of aliphatic hydroxyl groups is 2. The third kappa shape index (κ3) is 14.8. The summed E-state index contributed by atoms with van der Waals surface area (Å²) in [5.41, 5.74) is 1.61. The van der Waals surface area contributed by atoms with Gasteiger partial charge in [-0.15, -0.1) is 0 Å². The van der Waals surface area contributed by atoms with Crippen molar-refractivity contribution in [3.8, 4) is 0 Å². The quantitative estimate of drug-likeness (QED) is 0.103. The molecule has 0 fully saturated rings. The van der Waals surface area contributed by atoms with E-state index in [-0.39, 0.29) is 12.5 Å². The third-order valence-electron chi connectivity index (χ3n) is 5.58. The summed E-state index contributed by atoms with van der Waals surface area (Å²) in [6, 6.07) is -0.606. The van der Waals surface area contributed by atoms with Crippen LogP contribution in [0.25, 0.3) is 0 Å². The van der Waals surface area contributed by atoms with Crippen molar-refractivity contribution in [3.05, 3.63) is 0 Å². The van der Waals surface area contributed by atoms with Crippen molar-refractivity contribution in [3.63, 3.8) is 0 Å². The Morgan fingerprint density at radius 2 is 1.28 bits per heavy atom. The highest BCUT2D eigenvalue weighted by Crippen LogP contribution is 2.10. The smallest absolute Gasteiger partial charge is 0.245 e. The molecule has 0 rings (SSSR count). The molecule has 0 aromatic rings. The number of amides is 1. The second kappa shape index (κ2) is 19.2. The van der Waals surface area contributed by atoms with E-state index in [2.05, 4.69) is 17.6 Å². The van der Waals surface area contributed by atoms with Crippen LogP contribution < -0.4 is 16.1 Å². The highest BCUT2D eigenvalue weighted by Gasteiger charge is 2.24. The summed E-state index contributed by atoms with van der Waals surface area (Å²) < 4.78 is 0. The number of hydrogen-bond acceptors (Lipinski definition) is 6. The highest BCUT2D eigenvalue weighted by molar-refractivity contribution is 5.75. The first-order valence-corrected chi connectivity index (χ1v) is 11.8. The zero-order valence-electron chi connectivity index (χ0n) is 19.0. The lowest BCUT2D eigenvalue weighted by Crippen LogP contribution is -2.52. The molecule has 6 N–H and O–H groups in total. The monoisotopic (exact) mass is 417 g/mol. The Balaban J connectivity index is 4.19. The summed E-state index contributed by atoms with van der Waals surface area (Å²) in [6.07, 6.45) is 11.4. The molecule has 0 saturated heterocycles. The largest absolute Gasteiger partial charge is 0.392 e. The fraction of sp³-hybridized carbons (Fsp3) is 0.955. The van der Waals surface area contributed by atoms with E-state index in [1.54, 1.807) is 5.48 Å². The van der Waals surface area contributed by atoms with Crippen LogP contribution in [0.3, 0.4) is 0 Å². The Labute approximate surface area is 178 Å². The van der Waals surface area contributed by atoms with E-state index in [0.717, 1.165) is 13.0 Å². The third-order valence-corrected chi connectivity index (χ3v) is 5.58. The maximum Gasteiger partial charge on any atom is 0.245 e. The summed E-state index contributed by atoms with van der Waals surface area (Å²) >= 11 is 0. The van der Waals surface area contributed by atoms with E-state index < -0.39 is 24.2 Å². The zero-order chi connectivity index (χ0) is 21.9. The highest BCUT2D eigenvalue weighted by atomic mass is 16.5. The number of carbonyl (C=O) groups is 1. The van der Waals surface area contributed by atoms with Gasteiger partial charge in [-0.25, -0.2) is 5.48 Å². The fourth-order valence-electron chi connectivity index (χ4n) is 3.50. The van der Waals surface area contributed by atoms with Crippen LogP contribution >= 0.6 is 0 Å².